The molecule has 10 heteroatoms. The summed E-state index contributed by atoms with van der Waals surface area (Å²) in [5.41, 5.74) is 1.61. The second-order valence-corrected chi connectivity index (χ2v) is 11.2. The molecular weight excluding hydrogens is 428 g/mol. The minimum absolute atomic E-state index is 0.0330. The Morgan fingerprint density at radius 1 is 1.13 bits per heavy atom. The molecule has 1 fully saturated rings. The van der Waals surface area contributed by atoms with E-state index in [0.717, 1.165) is 11.1 Å². The Bertz CT molecular complexity index is 1110. The fourth-order valence-corrected chi connectivity index (χ4v) is 5.96. The molecule has 2 amide bonds. The minimum Gasteiger partial charge on any atom is -0.497 e. The van der Waals surface area contributed by atoms with Gasteiger partial charge in [-0.3, -0.25) is 0 Å². The summed E-state index contributed by atoms with van der Waals surface area (Å²) in [6, 6.07) is 11.6. The van der Waals surface area contributed by atoms with Gasteiger partial charge in [0.2, 0.25) is 0 Å². The second-order valence-electron chi connectivity index (χ2n) is 7.26. The molecule has 3 rings (SSSR count). The molecule has 8 nitrogen and oxygen atoms in total. The van der Waals surface area contributed by atoms with Crippen LogP contribution in [0.25, 0.3) is 0 Å². The molecule has 2 aromatic rings. The van der Waals surface area contributed by atoms with E-state index in [1.165, 1.54) is 24.1 Å². The number of hydrogen-bond acceptors (Lipinski definition) is 6. The van der Waals surface area contributed by atoms with E-state index in [2.05, 4.69) is 4.72 Å². The van der Waals surface area contributed by atoms with Crippen LogP contribution < -0.4 is 9.46 Å². The van der Waals surface area contributed by atoms with Crippen molar-refractivity contribution >= 4 is 25.9 Å². The number of sulfone groups is 1. The van der Waals surface area contributed by atoms with Gasteiger partial charge in [0.1, 0.15) is 5.75 Å². The first-order valence-corrected chi connectivity index (χ1v) is 12.6. The summed E-state index contributed by atoms with van der Waals surface area (Å²) in [5.74, 6) is 0.413. The lowest BCUT2D eigenvalue weighted by molar-refractivity contribution is 0.182. The van der Waals surface area contributed by atoms with Gasteiger partial charge in [-0.2, -0.15) is 0 Å². The third-order valence-corrected chi connectivity index (χ3v) is 8.06. The summed E-state index contributed by atoms with van der Waals surface area (Å²) in [5, 5.41) is 0. The highest BCUT2D eigenvalue weighted by molar-refractivity contribution is 7.91. The highest BCUT2D eigenvalue weighted by Crippen LogP contribution is 2.22. The van der Waals surface area contributed by atoms with Crippen LogP contribution in [0.3, 0.4) is 0 Å². The molecule has 1 aliphatic rings. The number of sulfonamides is 1. The zero-order chi connectivity index (χ0) is 21.9. The summed E-state index contributed by atoms with van der Waals surface area (Å²) in [4.78, 5) is 14.2. The maximum atomic E-state index is 12.9. The van der Waals surface area contributed by atoms with Crippen molar-refractivity contribution in [3.05, 3.63) is 59.7 Å². The number of benzene rings is 2. The van der Waals surface area contributed by atoms with Gasteiger partial charge in [0.05, 0.1) is 23.5 Å². The number of carbonyl (C=O) groups is 1. The standard InChI is InChI=1S/C20H24N2O6S2/c1-15-3-9-19(10-4-15)30(26,27)21-20(23)22(17-11-12-29(24,25)14-17)13-16-5-7-18(28-2)8-6-16/h3-10,17H,11-14H2,1-2H3,(H,21,23). The first-order chi connectivity index (χ1) is 14.1. The lowest BCUT2D eigenvalue weighted by Gasteiger charge is -2.28. The largest absolute Gasteiger partial charge is 0.497 e. The second kappa shape index (κ2) is 8.65. The summed E-state index contributed by atoms with van der Waals surface area (Å²) >= 11 is 0. The number of rotatable bonds is 6. The predicted octanol–water partition coefficient (Wildman–Crippen LogP) is 2.09. The molecular formula is C20H24N2O6S2. The smallest absolute Gasteiger partial charge is 0.331 e. The Morgan fingerprint density at radius 2 is 1.77 bits per heavy atom. The first kappa shape index (κ1) is 22.1. The van der Waals surface area contributed by atoms with Crippen LogP contribution in [-0.4, -0.2) is 52.4 Å². The fourth-order valence-electron chi connectivity index (χ4n) is 3.27. The predicted molar refractivity (Wildman–Crippen MR) is 112 cm³/mol. The first-order valence-electron chi connectivity index (χ1n) is 9.33. The minimum atomic E-state index is -4.09. The van der Waals surface area contributed by atoms with Crippen LogP contribution >= 0.6 is 0 Å². The van der Waals surface area contributed by atoms with Gasteiger partial charge >= 0.3 is 6.03 Å². The van der Waals surface area contributed by atoms with Gasteiger partial charge in [-0.05, 0) is 43.2 Å². The lowest BCUT2D eigenvalue weighted by Crippen LogP contribution is -2.48. The number of aryl methyl sites for hydroxylation is 1. The van der Waals surface area contributed by atoms with Gasteiger partial charge in [-0.25, -0.2) is 26.4 Å². The highest BCUT2D eigenvalue weighted by Gasteiger charge is 2.36. The summed E-state index contributed by atoms with van der Waals surface area (Å²) in [6.07, 6.45) is 0.260. The number of hydrogen-bond donors (Lipinski definition) is 1. The van der Waals surface area contributed by atoms with E-state index < -0.39 is 31.9 Å². The van der Waals surface area contributed by atoms with E-state index in [4.69, 9.17) is 4.74 Å². The molecule has 0 aromatic heterocycles. The molecule has 1 N–H and O–H groups in total. The van der Waals surface area contributed by atoms with Gasteiger partial charge in [0.15, 0.2) is 9.84 Å². The summed E-state index contributed by atoms with van der Waals surface area (Å²) < 4.78 is 56.4. The SMILES string of the molecule is COc1ccc(CN(C(=O)NS(=O)(=O)c2ccc(C)cc2)C2CCS(=O)(=O)C2)cc1. The number of amides is 2. The van der Waals surface area contributed by atoms with Crippen molar-refractivity contribution in [1.29, 1.82) is 0 Å². The van der Waals surface area contributed by atoms with E-state index in [1.54, 1.807) is 36.4 Å². The van der Waals surface area contributed by atoms with Crippen LogP contribution in [0.5, 0.6) is 5.75 Å². The van der Waals surface area contributed by atoms with Crippen molar-refractivity contribution in [3.63, 3.8) is 0 Å². The molecule has 1 saturated heterocycles. The molecule has 0 spiro atoms. The topological polar surface area (TPSA) is 110 Å². The maximum absolute atomic E-state index is 12.9. The van der Waals surface area contributed by atoms with Gasteiger partial charge in [0, 0.05) is 12.6 Å². The monoisotopic (exact) mass is 452 g/mol. The van der Waals surface area contributed by atoms with Crippen LogP contribution in [0.2, 0.25) is 0 Å². The number of methoxy groups -OCH3 is 1. The van der Waals surface area contributed by atoms with Crippen molar-refractivity contribution < 1.29 is 26.4 Å². The van der Waals surface area contributed by atoms with Crippen LogP contribution in [0.4, 0.5) is 4.79 Å². The number of carbonyl (C=O) groups excluding carboxylic acids is 1. The molecule has 0 aliphatic carbocycles. The normalized spacial score (nSPS) is 18.0. The van der Waals surface area contributed by atoms with Crippen LogP contribution in [-0.2, 0) is 26.4 Å². The van der Waals surface area contributed by atoms with E-state index in [9.17, 15) is 21.6 Å². The molecule has 1 unspecified atom stereocenters. The molecule has 1 aliphatic heterocycles. The molecule has 1 heterocycles. The Labute approximate surface area is 176 Å². The Morgan fingerprint density at radius 3 is 2.30 bits per heavy atom. The fraction of sp³-hybridized carbons (Fsp3) is 0.350. The molecule has 0 saturated carbocycles. The Balaban J connectivity index is 1.84. The zero-order valence-electron chi connectivity index (χ0n) is 16.7. The number of urea groups is 1. The number of nitrogens with zero attached hydrogens (tertiary/aromatic N) is 1. The van der Waals surface area contributed by atoms with E-state index in [-0.39, 0.29) is 29.4 Å². The molecule has 0 bridgehead atoms. The van der Waals surface area contributed by atoms with Crippen molar-refractivity contribution in [1.82, 2.24) is 9.62 Å². The van der Waals surface area contributed by atoms with Crippen LogP contribution in [0.1, 0.15) is 17.5 Å². The molecule has 0 radical (unpaired) electrons. The Kier molecular flexibility index (Phi) is 6.37. The van der Waals surface area contributed by atoms with E-state index >= 15 is 0 Å². The number of nitrogens with one attached hydrogen (secondary N) is 1. The summed E-state index contributed by atoms with van der Waals surface area (Å²) in [6.45, 7) is 1.89. The summed E-state index contributed by atoms with van der Waals surface area (Å²) in [7, 11) is -5.83. The van der Waals surface area contributed by atoms with E-state index in [1.807, 2.05) is 6.92 Å². The van der Waals surface area contributed by atoms with Crippen molar-refractivity contribution in [2.45, 2.75) is 30.8 Å². The Hall–Kier alpha value is -2.59. The quantitative estimate of drug-likeness (QED) is 0.719. The third kappa shape index (κ3) is 5.31. The zero-order valence-corrected chi connectivity index (χ0v) is 18.4. The molecule has 2 aromatic carbocycles. The highest BCUT2D eigenvalue weighted by atomic mass is 32.2. The van der Waals surface area contributed by atoms with Crippen molar-refractivity contribution in [3.8, 4) is 5.75 Å². The van der Waals surface area contributed by atoms with Crippen LogP contribution in [0.15, 0.2) is 53.4 Å². The molecule has 30 heavy (non-hydrogen) atoms. The molecule has 1 atom stereocenters. The number of ether oxygens (including phenoxy) is 1. The third-order valence-electron chi connectivity index (χ3n) is 4.97. The van der Waals surface area contributed by atoms with Crippen LogP contribution in [0, 0.1) is 6.92 Å². The van der Waals surface area contributed by atoms with Gasteiger partial charge in [-0.1, -0.05) is 29.8 Å². The van der Waals surface area contributed by atoms with Crippen molar-refractivity contribution in [2.24, 2.45) is 0 Å². The van der Waals surface area contributed by atoms with Gasteiger partial charge in [0.25, 0.3) is 10.0 Å². The average Bonchev–Trinajstić information content (AvgIpc) is 3.06. The van der Waals surface area contributed by atoms with Crippen molar-refractivity contribution in [2.75, 3.05) is 18.6 Å². The molecule has 162 valence electrons. The lowest BCUT2D eigenvalue weighted by atomic mass is 10.1. The van der Waals surface area contributed by atoms with E-state index in [0.29, 0.717) is 5.75 Å². The average molecular weight is 453 g/mol. The maximum Gasteiger partial charge on any atom is 0.331 e. The van der Waals surface area contributed by atoms with Gasteiger partial charge < -0.3 is 9.64 Å². The van der Waals surface area contributed by atoms with Gasteiger partial charge in [-0.15, -0.1) is 0 Å².